The summed E-state index contributed by atoms with van der Waals surface area (Å²) in [6, 6.07) is 16.7. The second-order valence-electron chi connectivity index (χ2n) is 8.43. The van der Waals surface area contributed by atoms with Gasteiger partial charge >= 0.3 is 0 Å². The Kier molecular flexibility index (Phi) is 6.49. The molecule has 2 aromatic rings. The lowest BCUT2D eigenvalue weighted by Gasteiger charge is -2.34. The summed E-state index contributed by atoms with van der Waals surface area (Å²) in [5.74, 6) is 1.06. The van der Waals surface area contributed by atoms with E-state index in [1.54, 1.807) is 0 Å². The summed E-state index contributed by atoms with van der Waals surface area (Å²) in [5, 5.41) is 7.09. The zero-order valence-corrected chi connectivity index (χ0v) is 18.6. The van der Waals surface area contributed by atoms with E-state index in [1.807, 2.05) is 18.3 Å². The number of allylic oxidation sites excluding steroid dienone is 2. The van der Waals surface area contributed by atoms with Gasteiger partial charge in [0, 0.05) is 38.1 Å². The van der Waals surface area contributed by atoms with E-state index in [4.69, 9.17) is 9.84 Å². The van der Waals surface area contributed by atoms with Crippen LogP contribution in [0.25, 0.3) is 6.08 Å². The number of nitrogens with zero attached hydrogens (tertiary/aromatic N) is 5. The minimum atomic E-state index is 0.794. The zero-order valence-electron chi connectivity index (χ0n) is 18.6. The van der Waals surface area contributed by atoms with Crippen LogP contribution in [0.1, 0.15) is 18.4 Å². The molecule has 0 amide bonds. The zero-order chi connectivity index (χ0) is 21.6. The molecule has 5 rings (SSSR count). The second kappa shape index (κ2) is 10.0. The Morgan fingerprint density at radius 2 is 1.59 bits per heavy atom. The smallest absolute Gasteiger partial charge is 0.128 e. The molecule has 0 unspecified atom stereocenters. The average Bonchev–Trinajstić information content (AvgIpc) is 3.27. The van der Waals surface area contributed by atoms with Crippen molar-refractivity contribution in [3.8, 4) is 0 Å². The van der Waals surface area contributed by atoms with E-state index in [-0.39, 0.29) is 0 Å². The van der Waals surface area contributed by atoms with Gasteiger partial charge in [-0.3, -0.25) is 5.01 Å². The highest BCUT2D eigenvalue weighted by Crippen LogP contribution is 2.35. The maximum absolute atomic E-state index is 5.61. The number of hydrogen-bond donors (Lipinski definition) is 0. The molecule has 1 aromatic heterocycles. The first-order valence-corrected chi connectivity index (χ1v) is 11.6. The summed E-state index contributed by atoms with van der Waals surface area (Å²) in [5.41, 5.74) is 5.39. The maximum atomic E-state index is 5.61. The number of rotatable bonds is 5. The predicted molar refractivity (Wildman–Crippen MR) is 130 cm³/mol. The first kappa shape index (κ1) is 20.8. The number of pyridine rings is 1. The van der Waals surface area contributed by atoms with Gasteiger partial charge in [-0.25, -0.2) is 4.98 Å². The number of morpholine rings is 1. The quantitative estimate of drug-likeness (QED) is 0.679. The minimum absolute atomic E-state index is 0.794. The van der Waals surface area contributed by atoms with Gasteiger partial charge in [0.1, 0.15) is 5.82 Å². The van der Waals surface area contributed by atoms with Crippen molar-refractivity contribution in [2.75, 3.05) is 57.4 Å². The average molecular weight is 430 g/mol. The molecule has 1 aromatic carbocycles. The molecular formula is C26H31N5O. The number of hydrogen-bond acceptors (Lipinski definition) is 6. The Morgan fingerprint density at radius 1 is 0.812 bits per heavy atom. The third kappa shape index (κ3) is 4.86. The van der Waals surface area contributed by atoms with Crippen LogP contribution in [0.15, 0.2) is 76.7 Å². The standard InChI is InChI=1S/C26H31N5O/c1-2-6-22(7-3-1)20-23-9-10-24(26(23)30-16-18-32-19-17-30)21-28-31-14-12-29(13-15-31)25-8-4-5-11-27-25/h1-8,11,20-21H,9-10,12-19H2/b23-20+,28-21?. The van der Waals surface area contributed by atoms with Crippen molar-refractivity contribution in [1.82, 2.24) is 14.9 Å². The van der Waals surface area contributed by atoms with Crippen LogP contribution >= 0.6 is 0 Å². The van der Waals surface area contributed by atoms with Crippen LogP contribution in [0.2, 0.25) is 0 Å². The monoisotopic (exact) mass is 429 g/mol. The number of aromatic nitrogens is 1. The van der Waals surface area contributed by atoms with Crippen LogP contribution in [0.3, 0.4) is 0 Å². The number of piperazine rings is 1. The maximum Gasteiger partial charge on any atom is 0.128 e. The highest BCUT2D eigenvalue weighted by Gasteiger charge is 2.26. The number of benzene rings is 1. The lowest BCUT2D eigenvalue weighted by Crippen LogP contribution is -2.44. The summed E-state index contributed by atoms with van der Waals surface area (Å²) in [7, 11) is 0. The third-order valence-electron chi connectivity index (χ3n) is 6.35. The molecule has 0 atom stereocenters. The number of hydrazone groups is 1. The van der Waals surface area contributed by atoms with Crippen molar-refractivity contribution in [3.63, 3.8) is 0 Å². The first-order valence-electron chi connectivity index (χ1n) is 11.6. The lowest BCUT2D eigenvalue weighted by atomic mass is 10.1. The van der Waals surface area contributed by atoms with Gasteiger partial charge in [0.15, 0.2) is 0 Å². The molecule has 6 heteroatoms. The molecular weight excluding hydrogens is 398 g/mol. The van der Waals surface area contributed by atoms with E-state index in [0.717, 1.165) is 71.1 Å². The van der Waals surface area contributed by atoms with E-state index in [1.165, 1.54) is 22.4 Å². The summed E-state index contributed by atoms with van der Waals surface area (Å²) in [6.07, 6.45) is 8.43. The molecule has 6 nitrogen and oxygen atoms in total. The van der Waals surface area contributed by atoms with Gasteiger partial charge < -0.3 is 14.5 Å². The Labute approximate surface area is 190 Å². The van der Waals surface area contributed by atoms with E-state index in [9.17, 15) is 0 Å². The van der Waals surface area contributed by atoms with E-state index < -0.39 is 0 Å². The molecule has 32 heavy (non-hydrogen) atoms. The van der Waals surface area contributed by atoms with Crippen molar-refractivity contribution >= 4 is 18.1 Å². The van der Waals surface area contributed by atoms with Crippen molar-refractivity contribution < 1.29 is 4.74 Å². The Hall–Kier alpha value is -3.12. The predicted octanol–water partition coefficient (Wildman–Crippen LogP) is 3.65. The highest BCUT2D eigenvalue weighted by atomic mass is 16.5. The molecule has 1 aliphatic carbocycles. The van der Waals surface area contributed by atoms with E-state index >= 15 is 0 Å². The molecule has 0 radical (unpaired) electrons. The van der Waals surface area contributed by atoms with Gasteiger partial charge in [0.25, 0.3) is 0 Å². The van der Waals surface area contributed by atoms with Gasteiger partial charge in [-0.2, -0.15) is 5.10 Å². The normalized spacial score (nSPS) is 21.2. The molecule has 166 valence electrons. The van der Waals surface area contributed by atoms with Gasteiger partial charge in [-0.05, 0) is 47.8 Å². The van der Waals surface area contributed by atoms with Crippen LogP contribution < -0.4 is 4.90 Å². The Morgan fingerprint density at radius 3 is 2.34 bits per heavy atom. The van der Waals surface area contributed by atoms with Gasteiger partial charge in [-0.1, -0.05) is 36.4 Å². The molecule has 2 aliphatic heterocycles. The summed E-state index contributed by atoms with van der Waals surface area (Å²) in [4.78, 5) is 9.31. The second-order valence-corrected chi connectivity index (χ2v) is 8.43. The van der Waals surface area contributed by atoms with E-state index in [0.29, 0.717) is 0 Å². The molecule has 0 N–H and O–H groups in total. The van der Waals surface area contributed by atoms with Crippen LogP contribution in [-0.4, -0.2) is 73.6 Å². The largest absolute Gasteiger partial charge is 0.378 e. The van der Waals surface area contributed by atoms with E-state index in [2.05, 4.69) is 68.5 Å². The van der Waals surface area contributed by atoms with Crippen LogP contribution in [0.4, 0.5) is 5.82 Å². The van der Waals surface area contributed by atoms with Crippen LogP contribution in [0.5, 0.6) is 0 Å². The highest BCUT2D eigenvalue weighted by molar-refractivity contribution is 5.83. The fourth-order valence-corrected chi connectivity index (χ4v) is 4.65. The number of anilines is 1. The fourth-order valence-electron chi connectivity index (χ4n) is 4.65. The third-order valence-corrected chi connectivity index (χ3v) is 6.35. The Balaban J connectivity index is 1.31. The lowest BCUT2D eigenvalue weighted by molar-refractivity contribution is 0.0548. The summed E-state index contributed by atoms with van der Waals surface area (Å²) in [6.45, 7) is 7.21. The minimum Gasteiger partial charge on any atom is -0.378 e. The van der Waals surface area contributed by atoms with Crippen molar-refractivity contribution in [2.45, 2.75) is 12.8 Å². The van der Waals surface area contributed by atoms with Gasteiger partial charge in [0.05, 0.1) is 32.5 Å². The SMILES string of the molecule is C(=NN1CCN(c2ccccn2)CC1)C1=C(N2CCOCC2)/C(=C/c2ccccc2)CC1. The van der Waals surface area contributed by atoms with Gasteiger partial charge in [0.2, 0.25) is 0 Å². The topological polar surface area (TPSA) is 44.2 Å². The van der Waals surface area contributed by atoms with Crippen LogP contribution in [-0.2, 0) is 4.74 Å². The summed E-state index contributed by atoms with van der Waals surface area (Å²) >= 11 is 0. The fraction of sp³-hybridized carbons (Fsp3) is 0.385. The molecule has 0 saturated carbocycles. The Bertz CT molecular complexity index is 972. The molecule has 0 spiro atoms. The van der Waals surface area contributed by atoms with Crippen molar-refractivity contribution in [3.05, 3.63) is 77.1 Å². The van der Waals surface area contributed by atoms with Crippen molar-refractivity contribution in [2.24, 2.45) is 5.10 Å². The van der Waals surface area contributed by atoms with Crippen molar-refractivity contribution in [1.29, 1.82) is 0 Å². The number of ether oxygens (including phenoxy) is 1. The molecule has 3 heterocycles. The molecule has 0 bridgehead atoms. The summed E-state index contributed by atoms with van der Waals surface area (Å²) < 4.78 is 5.61. The van der Waals surface area contributed by atoms with Crippen LogP contribution in [0, 0.1) is 0 Å². The molecule has 3 aliphatic rings. The molecule has 2 fully saturated rings. The van der Waals surface area contributed by atoms with Gasteiger partial charge in [-0.15, -0.1) is 0 Å². The molecule has 2 saturated heterocycles. The first-order chi connectivity index (χ1) is 15.9.